The van der Waals surface area contributed by atoms with Gasteiger partial charge >= 0.3 is 0 Å². The molecule has 8 rings (SSSR count). The van der Waals surface area contributed by atoms with E-state index in [0.29, 0.717) is 11.6 Å². The topological polar surface area (TPSA) is 128 Å². The van der Waals surface area contributed by atoms with Crippen molar-refractivity contribution in [3.8, 4) is 22.3 Å². The number of carbonyl (C=O) groups is 2. The van der Waals surface area contributed by atoms with E-state index in [9.17, 15) is 9.59 Å². The zero-order valence-corrected chi connectivity index (χ0v) is 29.4. The number of hydrogen-bond donors (Lipinski definition) is 0. The molecule has 6 aromatic rings. The van der Waals surface area contributed by atoms with Crippen LogP contribution in [0.3, 0.4) is 0 Å². The van der Waals surface area contributed by atoms with Crippen molar-refractivity contribution in [1.29, 1.82) is 0 Å². The van der Waals surface area contributed by atoms with E-state index < -0.39 is 10.8 Å². The van der Waals surface area contributed by atoms with Gasteiger partial charge in [-0.2, -0.15) is 5.10 Å². The average Bonchev–Trinajstić information content (AvgIpc) is 3.81. The normalized spacial score (nSPS) is 15.5. The summed E-state index contributed by atoms with van der Waals surface area (Å²) >= 11 is 0. The van der Waals surface area contributed by atoms with Crippen molar-refractivity contribution in [2.45, 2.75) is 52.4 Å². The van der Waals surface area contributed by atoms with Crippen LogP contribution in [0.25, 0.3) is 22.3 Å². The molecule has 0 unspecified atom stereocenters. The molecule has 0 atom stereocenters. The van der Waals surface area contributed by atoms with Crippen LogP contribution in [0, 0.1) is 13.8 Å². The van der Waals surface area contributed by atoms with Crippen molar-refractivity contribution in [3.05, 3.63) is 109 Å². The first-order valence-electron chi connectivity index (χ1n) is 16.3. The molecule has 12 nitrogen and oxygen atoms in total. The van der Waals surface area contributed by atoms with Gasteiger partial charge in [-0.15, -0.1) is 0 Å². The Hall–Kier alpha value is -6.04. The summed E-state index contributed by atoms with van der Waals surface area (Å²) in [7, 11) is 3.74. The van der Waals surface area contributed by atoms with Crippen LogP contribution in [0.15, 0.2) is 86.0 Å². The number of aromatic nitrogens is 8. The summed E-state index contributed by atoms with van der Waals surface area (Å²) in [6, 6.07) is 14.0. The fraction of sp³-hybridized carbons (Fsp3) is 0.263. The number of carbonyl (C=O) groups excluding carboxylic acids is 2. The van der Waals surface area contributed by atoms with Crippen molar-refractivity contribution in [3.63, 3.8) is 0 Å². The number of fused-ring (bicyclic) bond motifs is 2. The second-order valence-corrected chi connectivity index (χ2v) is 13.8. The fourth-order valence-corrected chi connectivity index (χ4v) is 6.43. The Bertz CT molecular complexity index is 2100. The number of benzene rings is 2. The van der Waals surface area contributed by atoms with Crippen LogP contribution >= 0.6 is 0 Å². The van der Waals surface area contributed by atoms with Gasteiger partial charge in [0.25, 0.3) is 0 Å². The number of anilines is 4. The highest BCUT2D eigenvalue weighted by Crippen LogP contribution is 2.47. The molecule has 0 bridgehead atoms. The largest absolute Gasteiger partial charge is 0.338 e. The minimum absolute atomic E-state index is 0.0264. The summed E-state index contributed by atoms with van der Waals surface area (Å²) in [6.07, 6.45) is 12.6. The molecule has 0 radical (unpaired) electrons. The monoisotopic (exact) mass is 666 g/mol. The van der Waals surface area contributed by atoms with Crippen molar-refractivity contribution >= 4 is 34.8 Å². The van der Waals surface area contributed by atoms with Crippen LogP contribution in [0.1, 0.15) is 50.5 Å². The van der Waals surface area contributed by atoms with Crippen LogP contribution in [0.2, 0.25) is 0 Å². The van der Waals surface area contributed by atoms with E-state index in [1.807, 2.05) is 115 Å². The number of rotatable bonds is 4. The summed E-state index contributed by atoms with van der Waals surface area (Å²) in [4.78, 5) is 50.9. The number of hydrogen-bond acceptors (Lipinski definition) is 8. The van der Waals surface area contributed by atoms with Crippen LogP contribution < -0.4 is 9.80 Å². The molecule has 4 aromatic heterocycles. The van der Waals surface area contributed by atoms with E-state index in [0.717, 1.165) is 56.4 Å². The summed E-state index contributed by atoms with van der Waals surface area (Å²) in [6.45, 7) is 11.5. The third kappa shape index (κ3) is 5.42. The van der Waals surface area contributed by atoms with Gasteiger partial charge in [0.1, 0.15) is 11.6 Å². The molecule has 0 N–H and O–H groups in total. The lowest BCUT2D eigenvalue weighted by atomic mass is 9.85. The maximum absolute atomic E-state index is 13.0. The van der Waals surface area contributed by atoms with Gasteiger partial charge in [0.05, 0.1) is 28.5 Å². The van der Waals surface area contributed by atoms with E-state index in [4.69, 9.17) is 0 Å². The van der Waals surface area contributed by atoms with Gasteiger partial charge in [-0.05, 0) is 75.9 Å². The zero-order valence-electron chi connectivity index (χ0n) is 29.4. The van der Waals surface area contributed by atoms with E-state index in [-0.39, 0.29) is 11.8 Å². The maximum Gasteiger partial charge on any atom is 0.242 e. The highest BCUT2D eigenvalue weighted by atomic mass is 16.2. The number of amides is 2. The molecule has 2 aliphatic heterocycles. The molecule has 0 spiro atoms. The molecule has 12 heteroatoms. The lowest BCUT2D eigenvalue weighted by Crippen LogP contribution is -2.33. The van der Waals surface area contributed by atoms with Crippen LogP contribution in [-0.4, -0.2) is 51.1 Å². The van der Waals surface area contributed by atoms with E-state index in [2.05, 4.69) is 30.0 Å². The van der Waals surface area contributed by atoms with Crippen molar-refractivity contribution in [1.82, 2.24) is 39.3 Å². The summed E-state index contributed by atoms with van der Waals surface area (Å²) in [5, 5.41) is 4.42. The molecule has 0 saturated carbocycles. The Morgan fingerprint density at radius 3 is 1.44 bits per heavy atom. The highest BCUT2D eigenvalue weighted by Gasteiger charge is 2.46. The molecule has 0 fully saturated rings. The molecular formula is C38H38N10O2. The van der Waals surface area contributed by atoms with Gasteiger partial charge in [-0.25, -0.2) is 24.9 Å². The van der Waals surface area contributed by atoms with Crippen LogP contribution in [-0.2, 0) is 34.5 Å². The SMILES string of the molecule is Cc1ncc(-c2ccc3c(c2)N(c2ccn(C)n2)C(=O)C3(C)C)cn1.Cc1ncc(-c2ccc3c(c2)N(c2cn(C)cn2)C(=O)C3(C)C)cn1. The number of imidazole rings is 1. The van der Waals surface area contributed by atoms with Crippen LogP contribution in [0.5, 0.6) is 0 Å². The predicted octanol–water partition coefficient (Wildman–Crippen LogP) is 6.28. The lowest BCUT2D eigenvalue weighted by molar-refractivity contribution is -0.122. The van der Waals surface area contributed by atoms with E-state index in [1.54, 1.807) is 45.6 Å². The first-order chi connectivity index (χ1) is 23.8. The second-order valence-electron chi connectivity index (χ2n) is 13.8. The lowest BCUT2D eigenvalue weighted by Gasteiger charge is -2.18. The van der Waals surface area contributed by atoms with E-state index >= 15 is 0 Å². The Labute approximate surface area is 290 Å². The van der Waals surface area contributed by atoms with Gasteiger partial charge < -0.3 is 4.57 Å². The molecule has 6 heterocycles. The molecular weight excluding hydrogens is 628 g/mol. The third-order valence-electron chi connectivity index (χ3n) is 9.38. The van der Waals surface area contributed by atoms with Crippen molar-refractivity contribution < 1.29 is 9.59 Å². The molecule has 2 amide bonds. The summed E-state index contributed by atoms with van der Waals surface area (Å²) in [5.41, 5.74) is 6.36. The number of nitrogens with zero attached hydrogens (tertiary/aromatic N) is 10. The molecule has 2 aromatic carbocycles. The minimum atomic E-state index is -0.588. The zero-order chi connectivity index (χ0) is 35.5. The Morgan fingerprint density at radius 2 is 1.04 bits per heavy atom. The van der Waals surface area contributed by atoms with Gasteiger partial charge in [-0.3, -0.25) is 24.1 Å². The summed E-state index contributed by atoms with van der Waals surface area (Å²) < 4.78 is 3.54. The average molecular weight is 667 g/mol. The Kier molecular flexibility index (Phi) is 7.69. The van der Waals surface area contributed by atoms with Crippen LogP contribution in [0.4, 0.5) is 23.0 Å². The van der Waals surface area contributed by atoms with Gasteiger partial charge in [0.15, 0.2) is 11.6 Å². The number of aryl methyl sites for hydroxylation is 4. The van der Waals surface area contributed by atoms with Gasteiger partial charge in [0.2, 0.25) is 11.8 Å². The fourth-order valence-electron chi connectivity index (χ4n) is 6.43. The highest BCUT2D eigenvalue weighted by molar-refractivity contribution is 6.13. The third-order valence-corrected chi connectivity index (χ3v) is 9.38. The van der Waals surface area contributed by atoms with Crippen molar-refractivity contribution in [2.75, 3.05) is 9.80 Å². The first kappa shape index (κ1) is 32.5. The Morgan fingerprint density at radius 1 is 0.580 bits per heavy atom. The minimum Gasteiger partial charge on any atom is -0.338 e. The molecule has 2 aliphatic rings. The first-order valence-corrected chi connectivity index (χ1v) is 16.3. The van der Waals surface area contributed by atoms with Gasteiger partial charge in [-0.1, -0.05) is 24.3 Å². The molecule has 50 heavy (non-hydrogen) atoms. The summed E-state index contributed by atoms with van der Waals surface area (Å²) in [5.74, 6) is 2.79. The molecule has 0 aliphatic carbocycles. The smallest absolute Gasteiger partial charge is 0.242 e. The van der Waals surface area contributed by atoms with E-state index in [1.165, 1.54) is 0 Å². The molecule has 252 valence electrons. The standard InChI is InChI=1S/2C19H19N5O/c1-12-20-8-14(9-21-12)13-5-6-15-16(7-13)24(18(25)19(15,2)3)17-10-23(4)11-22-17;1-12-20-10-14(11-21-12)13-5-6-15-16(9-13)24(18(25)19(15,2)3)17-7-8-23(4)22-17/h2*5-11H,1-4H3. The predicted molar refractivity (Wildman–Crippen MR) is 191 cm³/mol. The van der Waals surface area contributed by atoms with Crippen molar-refractivity contribution in [2.24, 2.45) is 14.1 Å². The van der Waals surface area contributed by atoms with Gasteiger partial charge in [0, 0.05) is 68.5 Å². The Balaban J connectivity index is 0.000000157. The maximum atomic E-state index is 13.0. The molecule has 0 saturated heterocycles. The second kappa shape index (κ2) is 11.8. The quantitative estimate of drug-likeness (QED) is 0.215.